The molecule has 2 amide bonds. The summed E-state index contributed by atoms with van der Waals surface area (Å²) in [6.07, 6.45) is 1.61. The van der Waals surface area contributed by atoms with Crippen LogP contribution in [0.15, 0.2) is 66.7 Å². The van der Waals surface area contributed by atoms with E-state index in [0.717, 1.165) is 34.4 Å². The number of fused-ring (bicyclic) bond motifs is 1. The number of amides is 2. The number of piperidine rings is 1. The lowest BCUT2D eigenvalue weighted by Crippen LogP contribution is -2.34. The normalized spacial score (nSPS) is 16.7. The van der Waals surface area contributed by atoms with E-state index >= 15 is 0 Å². The van der Waals surface area contributed by atoms with E-state index in [1.165, 1.54) is 0 Å². The zero-order chi connectivity index (χ0) is 24.4. The summed E-state index contributed by atoms with van der Waals surface area (Å²) in [4.78, 5) is 29.2. The van der Waals surface area contributed by atoms with Gasteiger partial charge in [-0.25, -0.2) is 4.39 Å². The first-order valence-corrected chi connectivity index (χ1v) is 12.2. The Hall–Kier alpha value is -3.51. The summed E-state index contributed by atoms with van der Waals surface area (Å²) in [5, 5.41) is 3.00. The first kappa shape index (κ1) is 23.2. The molecule has 5 rings (SSSR count). The molecule has 2 aliphatic heterocycles. The van der Waals surface area contributed by atoms with Crippen molar-refractivity contribution in [3.8, 4) is 11.1 Å². The molecule has 5 nitrogen and oxygen atoms in total. The molecule has 0 spiro atoms. The van der Waals surface area contributed by atoms with Crippen molar-refractivity contribution < 1.29 is 14.0 Å². The molecule has 6 heteroatoms. The maximum absolute atomic E-state index is 13.7. The molecule has 0 bridgehead atoms. The second-order valence-corrected chi connectivity index (χ2v) is 9.44. The van der Waals surface area contributed by atoms with Crippen molar-refractivity contribution in [3.05, 3.63) is 83.4 Å². The van der Waals surface area contributed by atoms with Crippen molar-refractivity contribution in [2.75, 3.05) is 30.4 Å². The Morgan fingerprint density at radius 2 is 1.77 bits per heavy atom. The van der Waals surface area contributed by atoms with Gasteiger partial charge in [-0.05, 0) is 65.8 Å². The first-order chi connectivity index (χ1) is 17.0. The summed E-state index contributed by atoms with van der Waals surface area (Å²) >= 11 is 0. The monoisotopic (exact) mass is 471 g/mol. The fourth-order valence-corrected chi connectivity index (χ4v) is 4.98. The van der Waals surface area contributed by atoms with E-state index in [4.69, 9.17) is 0 Å². The summed E-state index contributed by atoms with van der Waals surface area (Å²) in [6, 6.07) is 21.7. The number of aryl methyl sites for hydroxylation is 1. The van der Waals surface area contributed by atoms with Crippen LogP contribution in [-0.2, 0) is 17.8 Å². The lowest BCUT2D eigenvalue weighted by Gasteiger charge is -2.29. The standard InChI is InChI=1S/C29H30FN3O2/c1-32-27-18-25(10-7-21(27)9-12-28(32)34)31-29(35)22-8-11-26(20-5-3-2-4-6-20)23(17-22)19-33-15-13-24(30)14-16-33/h2-8,10-11,17-18,24H,9,12-16,19H2,1H3,(H,31,35). The highest BCUT2D eigenvalue weighted by Crippen LogP contribution is 2.31. The number of likely N-dealkylation sites (tertiary alicyclic amines) is 1. The molecular formula is C29H30FN3O2. The molecule has 1 saturated heterocycles. The number of carbonyl (C=O) groups is 2. The Kier molecular flexibility index (Phi) is 6.64. The van der Waals surface area contributed by atoms with Gasteiger partial charge in [-0.1, -0.05) is 42.5 Å². The van der Waals surface area contributed by atoms with Gasteiger partial charge in [0.2, 0.25) is 5.91 Å². The van der Waals surface area contributed by atoms with Gasteiger partial charge in [0, 0.05) is 50.0 Å². The average Bonchev–Trinajstić information content (AvgIpc) is 2.88. The Morgan fingerprint density at radius 1 is 1.00 bits per heavy atom. The van der Waals surface area contributed by atoms with Crippen LogP contribution in [0.25, 0.3) is 11.1 Å². The van der Waals surface area contributed by atoms with E-state index in [-0.39, 0.29) is 11.8 Å². The minimum absolute atomic E-state index is 0.0823. The van der Waals surface area contributed by atoms with Crippen molar-refractivity contribution >= 4 is 23.2 Å². The zero-order valence-corrected chi connectivity index (χ0v) is 20.0. The quantitative estimate of drug-likeness (QED) is 0.539. The van der Waals surface area contributed by atoms with Crippen LogP contribution >= 0.6 is 0 Å². The van der Waals surface area contributed by atoms with E-state index < -0.39 is 6.17 Å². The molecule has 2 heterocycles. The van der Waals surface area contributed by atoms with Gasteiger partial charge in [0.05, 0.1) is 0 Å². The van der Waals surface area contributed by atoms with E-state index in [1.807, 2.05) is 54.6 Å². The zero-order valence-electron chi connectivity index (χ0n) is 20.0. The molecular weight excluding hydrogens is 441 g/mol. The lowest BCUT2D eigenvalue weighted by atomic mass is 9.96. The van der Waals surface area contributed by atoms with Crippen LogP contribution in [-0.4, -0.2) is 43.0 Å². The highest BCUT2D eigenvalue weighted by atomic mass is 19.1. The van der Waals surface area contributed by atoms with Gasteiger partial charge >= 0.3 is 0 Å². The smallest absolute Gasteiger partial charge is 0.255 e. The van der Waals surface area contributed by atoms with Crippen LogP contribution in [0.3, 0.4) is 0 Å². The van der Waals surface area contributed by atoms with Crippen LogP contribution in [0, 0.1) is 0 Å². The Morgan fingerprint density at radius 3 is 2.54 bits per heavy atom. The van der Waals surface area contributed by atoms with Crippen molar-refractivity contribution in [1.82, 2.24) is 4.90 Å². The van der Waals surface area contributed by atoms with Gasteiger partial charge in [-0.2, -0.15) is 0 Å². The number of hydrogen-bond acceptors (Lipinski definition) is 3. The Balaban J connectivity index is 1.40. The third kappa shape index (κ3) is 5.13. The summed E-state index contributed by atoms with van der Waals surface area (Å²) < 4.78 is 13.7. The van der Waals surface area contributed by atoms with Gasteiger partial charge in [0.15, 0.2) is 0 Å². The molecule has 2 aliphatic rings. The number of nitrogens with zero attached hydrogens (tertiary/aromatic N) is 2. The number of halogens is 1. The van der Waals surface area contributed by atoms with Gasteiger partial charge in [0.25, 0.3) is 5.91 Å². The minimum Gasteiger partial charge on any atom is -0.322 e. The second kappa shape index (κ2) is 10.0. The summed E-state index contributed by atoms with van der Waals surface area (Å²) in [5.74, 6) is -0.114. The van der Waals surface area contributed by atoms with Crippen LogP contribution in [0.5, 0.6) is 0 Å². The van der Waals surface area contributed by atoms with Crippen molar-refractivity contribution in [3.63, 3.8) is 0 Å². The molecule has 180 valence electrons. The number of hydrogen-bond donors (Lipinski definition) is 1. The Labute approximate surface area is 205 Å². The molecule has 0 unspecified atom stereocenters. The molecule has 1 N–H and O–H groups in total. The van der Waals surface area contributed by atoms with Gasteiger partial charge < -0.3 is 10.2 Å². The van der Waals surface area contributed by atoms with E-state index in [0.29, 0.717) is 50.1 Å². The number of benzene rings is 3. The number of carbonyl (C=O) groups excluding carboxylic acids is 2. The second-order valence-electron chi connectivity index (χ2n) is 9.44. The Bertz CT molecular complexity index is 1240. The predicted octanol–water partition coefficient (Wildman–Crippen LogP) is 5.45. The van der Waals surface area contributed by atoms with Gasteiger partial charge in [0.1, 0.15) is 6.17 Å². The highest BCUT2D eigenvalue weighted by Gasteiger charge is 2.22. The predicted molar refractivity (Wildman–Crippen MR) is 137 cm³/mol. The number of anilines is 2. The van der Waals surface area contributed by atoms with E-state index in [2.05, 4.69) is 22.3 Å². The third-order valence-corrected chi connectivity index (χ3v) is 7.05. The van der Waals surface area contributed by atoms with Crippen molar-refractivity contribution in [2.24, 2.45) is 0 Å². The van der Waals surface area contributed by atoms with Crippen LogP contribution in [0.4, 0.5) is 15.8 Å². The van der Waals surface area contributed by atoms with Crippen LogP contribution < -0.4 is 10.2 Å². The van der Waals surface area contributed by atoms with E-state index in [1.54, 1.807) is 11.9 Å². The summed E-state index contributed by atoms with van der Waals surface area (Å²) in [7, 11) is 1.77. The molecule has 0 saturated carbocycles. The third-order valence-electron chi connectivity index (χ3n) is 7.05. The van der Waals surface area contributed by atoms with Crippen molar-refractivity contribution in [2.45, 2.75) is 38.4 Å². The van der Waals surface area contributed by atoms with E-state index in [9.17, 15) is 14.0 Å². The molecule has 0 aromatic heterocycles. The maximum atomic E-state index is 13.7. The molecule has 1 fully saturated rings. The van der Waals surface area contributed by atoms with Crippen LogP contribution in [0.1, 0.15) is 40.7 Å². The molecule has 3 aromatic carbocycles. The minimum atomic E-state index is -0.720. The molecule has 3 aromatic rings. The summed E-state index contributed by atoms with van der Waals surface area (Å²) in [6.45, 7) is 2.10. The van der Waals surface area contributed by atoms with Crippen molar-refractivity contribution in [1.29, 1.82) is 0 Å². The fraction of sp³-hybridized carbons (Fsp3) is 0.310. The first-order valence-electron chi connectivity index (χ1n) is 12.2. The molecule has 0 aliphatic carbocycles. The molecule has 0 radical (unpaired) electrons. The van der Waals surface area contributed by atoms with Gasteiger partial charge in [-0.3, -0.25) is 14.5 Å². The molecule has 35 heavy (non-hydrogen) atoms. The number of alkyl halides is 1. The van der Waals surface area contributed by atoms with Crippen LogP contribution in [0.2, 0.25) is 0 Å². The largest absolute Gasteiger partial charge is 0.322 e. The van der Waals surface area contributed by atoms with Gasteiger partial charge in [-0.15, -0.1) is 0 Å². The SMILES string of the molecule is CN1C(=O)CCc2ccc(NC(=O)c3ccc(-c4ccccc4)c(CN4CCC(F)CC4)c3)cc21. The fourth-order valence-electron chi connectivity index (χ4n) is 4.98. The molecule has 0 atom stereocenters. The number of nitrogens with one attached hydrogen (secondary N) is 1. The summed E-state index contributed by atoms with van der Waals surface area (Å²) in [5.41, 5.74) is 6.41. The maximum Gasteiger partial charge on any atom is 0.255 e. The topological polar surface area (TPSA) is 52.7 Å². The average molecular weight is 472 g/mol. The highest BCUT2D eigenvalue weighted by molar-refractivity contribution is 6.05. The number of rotatable bonds is 5. The lowest BCUT2D eigenvalue weighted by molar-refractivity contribution is -0.118.